The van der Waals surface area contributed by atoms with Gasteiger partial charge in [0.2, 0.25) is 0 Å². The van der Waals surface area contributed by atoms with Crippen LogP contribution in [0.15, 0.2) is 48.5 Å². The van der Waals surface area contributed by atoms with Gasteiger partial charge in [0.25, 0.3) is 5.91 Å². The van der Waals surface area contributed by atoms with Gasteiger partial charge in [-0.25, -0.2) is 0 Å². The highest BCUT2D eigenvalue weighted by molar-refractivity contribution is 5.92. The Hall–Kier alpha value is -2.70. The molecule has 7 heteroatoms. The largest absolute Gasteiger partial charge is 0.490 e. The standard InChI is InChI=1S/C17H16F3NO3/c1-2-23-14-9-5-6-10-15(14)24-11-16(22)21-13-8-4-3-7-12(13)17(18,19)20/h3-10H,2,11H2,1H3,(H,21,22). The van der Waals surface area contributed by atoms with Crippen molar-refractivity contribution in [1.82, 2.24) is 0 Å². The predicted molar refractivity (Wildman–Crippen MR) is 83.2 cm³/mol. The molecule has 0 unspecified atom stereocenters. The summed E-state index contributed by atoms with van der Waals surface area (Å²) < 4.78 is 49.3. The molecule has 2 rings (SSSR count). The van der Waals surface area contributed by atoms with E-state index in [9.17, 15) is 18.0 Å². The van der Waals surface area contributed by atoms with Crippen LogP contribution in [0.5, 0.6) is 11.5 Å². The number of hydrogen-bond donors (Lipinski definition) is 1. The molecule has 24 heavy (non-hydrogen) atoms. The zero-order chi connectivity index (χ0) is 17.6. The molecule has 0 fully saturated rings. The van der Waals surface area contributed by atoms with Crippen LogP contribution in [0.4, 0.5) is 18.9 Å². The lowest BCUT2D eigenvalue weighted by molar-refractivity contribution is -0.137. The topological polar surface area (TPSA) is 47.6 Å². The minimum atomic E-state index is -4.55. The number of amides is 1. The van der Waals surface area contributed by atoms with E-state index in [2.05, 4.69) is 5.32 Å². The quantitative estimate of drug-likeness (QED) is 0.861. The molecular weight excluding hydrogens is 323 g/mol. The molecule has 0 aliphatic carbocycles. The lowest BCUT2D eigenvalue weighted by Gasteiger charge is -2.14. The minimum Gasteiger partial charge on any atom is -0.490 e. The number of halogens is 3. The summed E-state index contributed by atoms with van der Waals surface area (Å²) in [6, 6.07) is 11.5. The van der Waals surface area contributed by atoms with Gasteiger partial charge in [0, 0.05) is 0 Å². The van der Waals surface area contributed by atoms with E-state index in [1.165, 1.54) is 18.2 Å². The van der Waals surface area contributed by atoms with E-state index in [0.717, 1.165) is 6.07 Å². The third-order valence-corrected chi connectivity index (χ3v) is 3.01. The van der Waals surface area contributed by atoms with Gasteiger partial charge < -0.3 is 14.8 Å². The maximum absolute atomic E-state index is 12.9. The number of carbonyl (C=O) groups excluding carboxylic acids is 1. The summed E-state index contributed by atoms with van der Waals surface area (Å²) in [5, 5.41) is 2.21. The summed E-state index contributed by atoms with van der Waals surface area (Å²) in [7, 11) is 0. The van der Waals surface area contributed by atoms with Crippen LogP contribution in [0.3, 0.4) is 0 Å². The highest BCUT2D eigenvalue weighted by atomic mass is 19.4. The van der Waals surface area contributed by atoms with Gasteiger partial charge in [-0.2, -0.15) is 13.2 Å². The van der Waals surface area contributed by atoms with E-state index in [0.29, 0.717) is 18.1 Å². The Morgan fingerprint density at radius 2 is 1.58 bits per heavy atom. The Labute approximate surface area is 137 Å². The van der Waals surface area contributed by atoms with Crippen molar-refractivity contribution in [2.24, 2.45) is 0 Å². The van der Waals surface area contributed by atoms with Crippen LogP contribution >= 0.6 is 0 Å². The molecule has 0 heterocycles. The number of ether oxygens (including phenoxy) is 2. The fourth-order valence-corrected chi connectivity index (χ4v) is 2.01. The molecule has 0 spiro atoms. The maximum atomic E-state index is 12.9. The van der Waals surface area contributed by atoms with E-state index >= 15 is 0 Å². The summed E-state index contributed by atoms with van der Waals surface area (Å²) in [4.78, 5) is 11.9. The Morgan fingerprint density at radius 3 is 2.21 bits per heavy atom. The van der Waals surface area contributed by atoms with Crippen molar-refractivity contribution < 1.29 is 27.4 Å². The van der Waals surface area contributed by atoms with E-state index in [-0.39, 0.29) is 5.69 Å². The van der Waals surface area contributed by atoms with Gasteiger partial charge in [-0.1, -0.05) is 24.3 Å². The molecule has 0 aromatic heterocycles. The summed E-state index contributed by atoms with van der Waals surface area (Å²) in [6.45, 7) is 1.79. The van der Waals surface area contributed by atoms with E-state index in [1.54, 1.807) is 31.2 Å². The first-order chi connectivity index (χ1) is 11.4. The van der Waals surface area contributed by atoms with Gasteiger partial charge in [0.1, 0.15) is 0 Å². The van der Waals surface area contributed by atoms with Crippen LogP contribution in [0.25, 0.3) is 0 Å². The summed E-state index contributed by atoms with van der Waals surface area (Å²) in [6.07, 6.45) is -4.55. The summed E-state index contributed by atoms with van der Waals surface area (Å²) in [5.41, 5.74) is -1.22. The van der Waals surface area contributed by atoms with Crippen LogP contribution in [-0.2, 0) is 11.0 Å². The first kappa shape index (κ1) is 17.7. The van der Waals surface area contributed by atoms with Gasteiger partial charge in [0.15, 0.2) is 18.1 Å². The van der Waals surface area contributed by atoms with Crippen LogP contribution in [0.1, 0.15) is 12.5 Å². The normalized spacial score (nSPS) is 11.0. The first-order valence-corrected chi connectivity index (χ1v) is 7.22. The van der Waals surface area contributed by atoms with Gasteiger partial charge in [-0.3, -0.25) is 4.79 Å². The molecule has 2 aromatic rings. The predicted octanol–water partition coefficient (Wildman–Crippen LogP) is 4.12. The zero-order valence-corrected chi connectivity index (χ0v) is 12.9. The van der Waals surface area contributed by atoms with Crippen molar-refractivity contribution in [3.63, 3.8) is 0 Å². The number of para-hydroxylation sites is 3. The Balaban J connectivity index is 2.03. The number of nitrogens with one attached hydrogen (secondary N) is 1. The number of carbonyl (C=O) groups is 1. The third-order valence-electron chi connectivity index (χ3n) is 3.01. The second-order valence-corrected chi connectivity index (χ2v) is 4.76. The van der Waals surface area contributed by atoms with Crippen molar-refractivity contribution in [2.45, 2.75) is 13.1 Å². The van der Waals surface area contributed by atoms with Crippen molar-refractivity contribution in [2.75, 3.05) is 18.5 Å². The zero-order valence-electron chi connectivity index (χ0n) is 12.9. The molecule has 2 aromatic carbocycles. The fraction of sp³-hybridized carbons (Fsp3) is 0.235. The molecule has 1 N–H and O–H groups in total. The van der Waals surface area contributed by atoms with E-state index < -0.39 is 24.3 Å². The van der Waals surface area contributed by atoms with Gasteiger partial charge in [-0.05, 0) is 31.2 Å². The second-order valence-electron chi connectivity index (χ2n) is 4.76. The molecule has 0 aliphatic rings. The van der Waals surface area contributed by atoms with Crippen LogP contribution in [0.2, 0.25) is 0 Å². The maximum Gasteiger partial charge on any atom is 0.418 e. The molecule has 0 aliphatic heterocycles. The fourth-order valence-electron chi connectivity index (χ4n) is 2.01. The van der Waals surface area contributed by atoms with Crippen LogP contribution in [-0.4, -0.2) is 19.1 Å². The molecule has 0 radical (unpaired) electrons. The molecule has 0 atom stereocenters. The van der Waals surface area contributed by atoms with E-state index in [1.807, 2.05) is 0 Å². The molecule has 0 bridgehead atoms. The first-order valence-electron chi connectivity index (χ1n) is 7.22. The molecule has 128 valence electrons. The lowest BCUT2D eigenvalue weighted by Crippen LogP contribution is -2.22. The number of rotatable bonds is 6. The SMILES string of the molecule is CCOc1ccccc1OCC(=O)Nc1ccccc1C(F)(F)F. The number of anilines is 1. The molecular formula is C17H16F3NO3. The smallest absolute Gasteiger partial charge is 0.418 e. The second kappa shape index (κ2) is 7.72. The third kappa shape index (κ3) is 4.65. The Bertz CT molecular complexity index is 701. The molecule has 4 nitrogen and oxygen atoms in total. The van der Waals surface area contributed by atoms with Crippen molar-refractivity contribution in [1.29, 1.82) is 0 Å². The number of benzene rings is 2. The Morgan fingerprint density at radius 1 is 1.00 bits per heavy atom. The van der Waals surface area contributed by atoms with Gasteiger partial charge >= 0.3 is 6.18 Å². The van der Waals surface area contributed by atoms with E-state index in [4.69, 9.17) is 9.47 Å². The van der Waals surface area contributed by atoms with Crippen molar-refractivity contribution in [3.8, 4) is 11.5 Å². The highest BCUT2D eigenvalue weighted by Crippen LogP contribution is 2.34. The average Bonchev–Trinajstić information content (AvgIpc) is 2.54. The monoisotopic (exact) mass is 339 g/mol. The minimum absolute atomic E-state index is 0.309. The molecule has 1 amide bonds. The van der Waals surface area contributed by atoms with Gasteiger partial charge in [0.05, 0.1) is 17.9 Å². The number of hydrogen-bond acceptors (Lipinski definition) is 3. The lowest BCUT2D eigenvalue weighted by atomic mass is 10.1. The molecule has 0 saturated carbocycles. The van der Waals surface area contributed by atoms with Gasteiger partial charge in [-0.15, -0.1) is 0 Å². The van der Waals surface area contributed by atoms with Crippen LogP contribution < -0.4 is 14.8 Å². The summed E-state index contributed by atoms with van der Waals surface area (Å²) >= 11 is 0. The van der Waals surface area contributed by atoms with Crippen LogP contribution in [0, 0.1) is 0 Å². The average molecular weight is 339 g/mol. The van der Waals surface area contributed by atoms with Crippen molar-refractivity contribution >= 4 is 11.6 Å². The van der Waals surface area contributed by atoms with Crippen molar-refractivity contribution in [3.05, 3.63) is 54.1 Å². The highest BCUT2D eigenvalue weighted by Gasteiger charge is 2.33. The Kier molecular flexibility index (Phi) is 5.68. The molecule has 0 saturated heterocycles. The summed E-state index contributed by atoms with van der Waals surface area (Å²) in [5.74, 6) is 0.111. The number of alkyl halides is 3.